The molecule has 0 saturated heterocycles. The Balaban J connectivity index is 1.86. The van der Waals surface area contributed by atoms with Crippen molar-refractivity contribution in [2.75, 3.05) is 7.11 Å². The number of benzene rings is 2. The van der Waals surface area contributed by atoms with Crippen molar-refractivity contribution in [2.24, 2.45) is 0 Å². The smallest absolute Gasteiger partial charge is 0.378 e. The highest BCUT2D eigenvalue weighted by Gasteiger charge is 2.25. The van der Waals surface area contributed by atoms with Gasteiger partial charge in [0.1, 0.15) is 24.3 Å². The van der Waals surface area contributed by atoms with E-state index in [0.29, 0.717) is 0 Å². The van der Waals surface area contributed by atoms with Crippen molar-refractivity contribution < 1.29 is 27.9 Å². The van der Waals surface area contributed by atoms with Gasteiger partial charge in [-0.1, -0.05) is 54.1 Å². The van der Waals surface area contributed by atoms with E-state index >= 15 is 0 Å². The summed E-state index contributed by atoms with van der Waals surface area (Å²) < 4.78 is 29.3. The van der Waals surface area contributed by atoms with E-state index in [-0.39, 0.29) is 23.7 Å². The van der Waals surface area contributed by atoms with Crippen LogP contribution in [-0.4, -0.2) is 19.0 Å². The van der Waals surface area contributed by atoms with Crippen molar-refractivity contribution in [2.45, 2.75) is 13.2 Å². The molecule has 0 aliphatic heterocycles. The van der Waals surface area contributed by atoms with Crippen LogP contribution in [-0.2, 0) is 17.9 Å². The summed E-state index contributed by atoms with van der Waals surface area (Å²) in [6, 6.07) is 13.2. The van der Waals surface area contributed by atoms with Gasteiger partial charge in [-0.2, -0.15) is 0 Å². The second-order valence-corrected chi connectivity index (χ2v) is 6.71. The average molecular weight is 446 g/mol. The molecule has 160 valence electrons. The van der Waals surface area contributed by atoms with Crippen LogP contribution < -0.4 is 15.5 Å². The molecular formula is C22H17ClFNO6. The molecule has 0 aliphatic carbocycles. The first-order valence-electron chi connectivity index (χ1n) is 9.04. The van der Waals surface area contributed by atoms with E-state index in [1.807, 2.05) is 6.07 Å². The van der Waals surface area contributed by atoms with Gasteiger partial charge in [-0.3, -0.25) is 9.59 Å². The minimum Gasteiger partial charge on any atom is -0.481 e. The fourth-order valence-electron chi connectivity index (χ4n) is 2.66. The normalized spacial score (nSPS) is 10.4. The van der Waals surface area contributed by atoms with Gasteiger partial charge >= 0.3 is 5.97 Å². The van der Waals surface area contributed by atoms with Gasteiger partial charge in [0.2, 0.25) is 11.2 Å². The zero-order chi connectivity index (χ0) is 22.4. The van der Waals surface area contributed by atoms with Crippen LogP contribution in [0.25, 0.3) is 0 Å². The summed E-state index contributed by atoms with van der Waals surface area (Å²) in [4.78, 5) is 37.3. The molecule has 9 heteroatoms. The van der Waals surface area contributed by atoms with Gasteiger partial charge in [0.15, 0.2) is 0 Å². The third-order valence-corrected chi connectivity index (χ3v) is 4.56. The molecule has 0 unspecified atom stereocenters. The molecule has 7 nitrogen and oxygen atoms in total. The number of hydrogen-bond donors (Lipinski definition) is 1. The molecule has 0 bridgehead atoms. The van der Waals surface area contributed by atoms with E-state index < -0.39 is 40.2 Å². The quantitative estimate of drug-likeness (QED) is 0.557. The molecule has 3 rings (SSSR count). The summed E-state index contributed by atoms with van der Waals surface area (Å²) in [5, 5.41) is 2.33. The minimum atomic E-state index is -0.937. The van der Waals surface area contributed by atoms with E-state index in [4.69, 9.17) is 20.8 Å². The van der Waals surface area contributed by atoms with Gasteiger partial charge in [0.05, 0.1) is 12.1 Å². The predicted octanol–water partition coefficient (Wildman–Crippen LogP) is 3.73. The van der Waals surface area contributed by atoms with E-state index in [1.165, 1.54) is 18.2 Å². The molecule has 0 aliphatic rings. The van der Waals surface area contributed by atoms with Crippen molar-refractivity contribution in [3.8, 4) is 5.75 Å². The molecule has 0 saturated carbocycles. The maximum absolute atomic E-state index is 14.0. The van der Waals surface area contributed by atoms with Gasteiger partial charge < -0.3 is 19.2 Å². The van der Waals surface area contributed by atoms with Crippen LogP contribution in [0.5, 0.6) is 5.75 Å². The monoisotopic (exact) mass is 445 g/mol. The lowest BCUT2D eigenvalue weighted by molar-refractivity contribution is 0.0551. The summed E-state index contributed by atoms with van der Waals surface area (Å²) in [6.07, 6.45) is 0.827. The van der Waals surface area contributed by atoms with E-state index in [0.717, 1.165) is 18.9 Å². The first-order chi connectivity index (χ1) is 14.9. The molecule has 0 radical (unpaired) electrons. The van der Waals surface area contributed by atoms with Crippen LogP contribution in [0.15, 0.2) is 64.0 Å². The lowest BCUT2D eigenvalue weighted by Gasteiger charge is -2.11. The second-order valence-electron chi connectivity index (χ2n) is 6.30. The Morgan fingerprint density at radius 3 is 2.58 bits per heavy atom. The number of halogens is 2. The van der Waals surface area contributed by atoms with Gasteiger partial charge in [-0.25, -0.2) is 9.18 Å². The lowest BCUT2D eigenvalue weighted by atomic mass is 10.2. The third-order valence-electron chi connectivity index (χ3n) is 4.26. The lowest BCUT2D eigenvalue weighted by Crippen LogP contribution is -2.30. The largest absolute Gasteiger partial charge is 0.481 e. The van der Waals surface area contributed by atoms with Crippen LogP contribution in [0.3, 0.4) is 0 Å². The van der Waals surface area contributed by atoms with Gasteiger partial charge in [-0.05, 0) is 11.6 Å². The molecular weight excluding hydrogens is 429 g/mol. The fourth-order valence-corrected chi connectivity index (χ4v) is 2.85. The standard InChI is InChI=1S/C22H17ClFNO6/c1-29-22(28)20-19(30-11-13-6-3-2-4-7-13)18(26)15(12-31-20)21(27)25-10-14-8-5-9-16(23)17(14)24/h2-9,12H,10-11H2,1H3,(H,25,27). The van der Waals surface area contributed by atoms with Crippen LogP contribution in [0.1, 0.15) is 32.0 Å². The zero-order valence-electron chi connectivity index (χ0n) is 16.3. The van der Waals surface area contributed by atoms with E-state index in [1.54, 1.807) is 24.3 Å². The number of carbonyl (C=O) groups is 2. The summed E-state index contributed by atoms with van der Waals surface area (Å²) in [7, 11) is 1.11. The topological polar surface area (TPSA) is 94.8 Å². The first kappa shape index (κ1) is 22.0. The van der Waals surface area contributed by atoms with E-state index in [9.17, 15) is 18.8 Å². The third kappa shape index (κ3) is 5.10. The fraction of sp³-hybridized carbons (Fsp3) is 0.136. The Bertz CT molecular complexity index is 1160. The molecule has 1 amide bonds. The van der Waals surface area contributed by atoms with Crippen molar-refractivity contribution >= 4 is 23.5 Å². The summed E-state index contributed by atoms with van der Waals surface area (Å²) >= 11 is 5.73. The highest BCUT2D eigenvalue weighted by Crippen LogP contribution is 2.19. The van der Waals surface area contributed by atoms with Gasteiger partial charge in [-0.15, -0.1) is 0 Å². The van der Waals surface area contributed by atoms with Gasteiger partial charge in [0.25, 0.3) is 11.7 Å². The SMILES string of the molecule is COC(=O)c1occ(C(=O)NCc2cccc(Cl)c2F)c(=O)c1OCc1ccccc1. The molecule has 0 fully saturated rings. The Labute approximate surface area is 181 Å². The maximum Gasteiger partial charge on any atom is 0.378 e. The summed E-state index contributed by atoms with van der Waals surface area (Å²) in [5.41, 5.74) is -0.425. The number of ether oxygens (including phenoxy) is 2. The Morgan fingerprint density at radius 2 is 1.87 bits per heavy atom. The summed E-state index contributed by atoms with van der Waals surface area (Å²) in [5.74, 6) is -3.38. The van der Waals surface area contributed by atoms with Crippen molar-refractivity contribution in [3.05, 3.63) is 98.3 Å². The van der Waals surface area contributed by atoms with Gasteiger partial charge in [0, 0.05) is 12.1 Å². The molecule has 1 aromatic heterocycles. The number of esters is 1. The maximum atomic E-state index is 14.0. The second kappa shape index (κ2) is 9.90. The predicted molar refractivity (Wildman–Crippen MR) is 110 cm³/mol. The van der Waals surface area contributed by atoms with Crippen molar-refractivity contribution in [3.63, 3.8) is 0 Å². The number of rotatable bonds is 7. The van der Waals surface area contributed by atoms with E-state index in [2.05, 4.69) is 10.1 Å². The molecule has 1 heterocycles. The van der Waals surface area contributed by atoms with Crippen LogP contribution in [0.4, 0.5) is 4.39 Å². The van der Waals surface area contributed by atoms with Crippen molar-refractivity contribution in [1.82, 2.24) is 5.32 Å². The number of hydrogen-bond acceptors (Lipinski definition) is 6. The number of carbonyl (C=O) groups excluding carboxylic acids is 2. The molecule has 1 N–H and O–H groups in total. The number of amides is 1. The Kier molecular flexibility index (Phi) is 7.04. The van der Waals surface area contributed by atoms with Crippen LogP contribution >= 0.6 is 11.6 Å². The number of methoxy groups -OCH3 is 1. The van der Waals surface area contributed by atoms with Crippen LogP contribution in [0, 0.1) is 5.82 Å². The average Bonchev–Trinajstić information content (AvgIpc) is 2.79. The van der Waals surface area contributed by atoms with Crippen LogP contribution in [0.2, 0.25) is 5.02 Å². The molecule has 3 aromatic rings. The first-order valence-corrected chi connectivity index (χ1v) is 9.42. The molecule has 31 heavy (non-hydrogen) atoms. The Hall–Kier alpha value is -3.65. The Morgan fingerprint density at radius 1 is 1.13 bits per heavy atom. The minimum absolute atomic E-state index is 0.0472. The summed E-state index contributed by atoms with van der Waals surface area (Å²) in [6.45, 7) is -0.266. The highest BCUT2D eigenvalue weighted by atomic mass is 35.5. The van der Waals surface area contributed by atoms with Crippen molar-refractivity contribution in [1.29, 1.82) is 0 Å². The highest BCUT2D eigenvalue weighted by molar-refractivity contribution is 6.30. The molecule has 2 aromatic carbocycles. The molecule has 0 atom stereocenters. The zero-order valence-corrected chi connectivity index (χ0v) is 17.1. The number of nitrogens with one attached hydrogen (secondary N) is 1. The molecule has 0 spiro atoms.